The van der Waals surface area contributed by atoms with Crippen molar-refractivity contribution in [3.05, 3.63) is 65.9 Å². The highest BCUT2D eigenvalue weighted by Crippen LogP contribution is 2.26. The maximum Gasteiger partial charge on any atom is 0.269 e. The quantitative estimate of drug-likeness (QED) is 0.566. The maximum absolute atomic E-state index is 12.9. The van der Waals surface area contributed by atoms with Crippen LogP contribution in [0, 0.1) is 0 Å². The molecule has 2 N–H and O–H groups in total. The number of nitrogens with one attached hydrogen (secondary N) is 2. The van der Waals surface area contributed by atoms with Gasteiger partial charge in [0.25, 0.3) is 5.91 Å². The van der Waals surface area contributed by atoms with Crippen molar-refractivity contribution in [2.75, 3.05) is 45.7 Å². The third kappa shape index (κ3) is 4.94. The van der Waals surface area contributed by atoms with Crippen molar-refractivity contribution in [2.45, 2.75) is 18.9 Å². The molecule has 1 atom stereocenters. The molecule has 0 radical (unpaired) electrons. The highest BCUT2D eigenvalue weighted by atomic mass is 16.5. The van der Waals surface area contributed by atoms with Crippen molar-refractivity contribution >= 4 is 11.6 Å². The van der Waals surface area contributed by atoms with Gasteiger partial charge in [-0.05, 0) is 74.0 Å². The van der Waals surface area contributed by atoms with Crippen molar-refractivity contribution in [1.82, 2.24) is 20.4 Å². The van der Waals surface area contributed by atoms with Gasteiger partial charge in [0.15, 0.2) is 0 Å². The van der Waals surface area contributed by atoms with E-state index in [0.717, 1.165) is 30.1 Å². The number of benzene rings is 2. The predicted molar refractivity (Wildman–Crippen MR) is 127 cm³/mol. The molecular formula is C25H31N5O2. The zero-order valence-corrected chi connectivity index (χ0v) is 19.0. The van der Waals surface area contributed by atoms with Crippen LogP contribution < -0.4 is 15.0 Å². The summed E-state index contributed by atoms with van der Waals surface area (Å²) in [6.45, 7) is 2.67. The standard InChI is InChI=1S/C25H31N5O2/c1-29(2)20-10-6-19(7-11-20)24(30-14-4-5-15-30)17-26-25(31)23-16-22(27-28-23)18-8-12-21(32-3)13-9-18/h6-13,16,24H,4-5,14-15,17H2,1-3H3,(H,26,31)(H,27,28)/t24-/m1/s1. The van der Waals surface area contributed by atoms with E-state index < -0.39 is 0 Å². The number of hydrogen-bond acceptors (Lipinski definition) is 5. The van der Waals surface area contributed by atoms with E-state index in [4.69, 9.17) is 4.74 Å². The first-order chi connectivity index (χ1) is 15.5. The van der Waals surface area contributed by atoms with Crippen molar-refractivity contribution in [1.29, 1.82) is 0 Å². The summed E-state index contributed by atoms with van der Waals surface area (Å²) in [5.74, 6) is 0.639. The van der Waals surface area contributed by atoms with Gasteiger partial charge in [0.2, 0.25) is 0 Å². The Balaban J connectivity index is 1.44. The first kappa shape index (κ1) is 21.9. The van der Waals surface area contributed by atoms with Crippen molar-refractivity contribution < 1.29 is 9.53 Å². The normalized spacial score (nSPS) is 14.8. The van der Waals surface area contributed by atoms with Gasteiger partial charge < -0.3 is 15.0 Å². The zero-order chi connectivity index (χ0) is 22.5. The zero-order valence-electron chi connectivity index (χ0n) is 19.0. The smallest absolute Gasteiger partial charge is 0.269 e. The number of aromatic nitrogens is 2. The predicted octanol–water partition coefficient (Wildman–Crippen LogP) is 3.72. The van der Waals surface area contributed by atoms with Crippen LogP contribution in [-0.4, -0.2) is 61.8 Å². The van der Waals surface area contributed by atoms with E-state index in [1.54, 1.807) is 13.2 Å². The van der Waals surface area contributed by atoms with E-state index in [0.29, 0.717) is 12.2 Å². The van der Waals surface area contributed by atoms with Gasteiger partial charge in [-0.15, -0.1) is 0 Å². The van der Waals surface area contributed by atoms with E-state index in [1.165, 1.54) is 24.1 Å². The van der Waals surface area contributed by atoms with Gasteiger partial charge >= 0.3 is 0 Å². The second-order valence-corrected chi connectivity index (χ2v) is 8.35. The number of nitrogens with zero attached hydrogens (tertiary/aromatic N) is 3. The maximum atomic E-state index is 12.9. The molecule has 1 aliphatic rings. The molecule has 1 saturated heterocycles. The Kier molecular flexibility index (Phi) is 6.75. The largest absolute Gasteiger partial charge is 0.497 e. The number of aromatic amines is 1. The highest BCUT2D eigenvalue weighted by molar-refractivity contribution is 5.93. The van der Waals surface area contributed by atoms with Crippen LogP contribution in [0.15, 0.2) is 54.6 Å². The Morgan fingerprint density at radius 3 is 2.44 bits per heavy atom. The lowest BCUT2D eigenvalue weighted by molar-refractivity contribution is 0.0933. The van der Waals surface area contributed by atoms with E-state index in [1.807, 2.05) is 38.4 Å². The Bertz CT molecular complexity index is 1020. The van der Waals surface area contributed by atoms with E-state index >= 15 is 0 Å². The molecule has 0 unspecified atom stereocenters. The first-order valence-corrected chi connectivity index (χ1v) is 11.0. The van der Waals surface area contributed by atoms with Gasteiger partial charge in [-0.3, -0.25) is 14.8 Å². The Labute approximate surface area is 189 Å². The number of H-pyrrole nitrogens is 1. The number of anilines is 1. The molecule has 0 bridgehead atoms. The summed E-state index contributed by atoms with van der Waals surface area (Å²) in [4.78, 5) is 17.4. The molecule has 168 valence electrons. The molecule has 7 nitrogen and oxygen atoms in total. The number of carbonyl (C=O) groups is 1. The average Bonchev–Trinajstić information content (AvgIpc) is 3.52. The van der Waals surface area contributed by atoms with Crippen LogP contribution in [-0.2, 0) is 0 Å². The van der Waals surface area contributed by atoms with Gasteiger partial charge in [0.05, 0.1) is 18.8 Å². The fourth-order valence-corrected chi connectivity index (χ4v) is 4.14. The number of carbonyl (C=O) groups excluding carboxylic acids is 1. The third-order valence-electron chi connectivity index (χ3n) is 6.04. The molecule has 1 fully saturated rings. The summed E-state index contributed by atoms with van der Waals surface area (Å²) in [6.07, 6.45) is 2.40. The monoisotopic (exact) mass is 433 g/mol. The molecule has 0 aliphatic carbocycles. The second kappa shape index (κ2) is 9.87. The molecule has 0 spiro atoms. The number of methoxy groups -OCH3 is 1. The highest BCUT2D eigenvalue weighted by Gasteiger charge is 2.24. The van der Waals surface area contributed by atoms with E-state index in [9.17, 15) is 4.79 Å². The SMILES string of the molecule is COc1ccc(-c2cc(C(=O)NC[C@H](c3ccc(N(C)C)cc3)N3CCCC3)[nH]n2)cc1. The van der Waals surface area contributed by atoms with Gasteiger partial charge in [-0.1, -0.05) is 12.1 Å². The van der Waals surface area contributed by atoms with Crippen LogP contribution in [0.2, 0.25) is 0 Å². The average molecular weight is 434 g/mol. The molecule has 2 heterocycles. The number of likely N-dealkylation sites (tertiary alicyclic amines) is 1. The Hall–Kier alpha value is -3.32. The van der Waals surface area contributed by atoms with Crippen molar-refractivity contribution in [3.8, 4) is 17.0 Å². The molecule has 1 aliphatic heterocycles. The van der Waals surface area contributed by atoms with Crippen molar-refractivity contribution in [3.63, 3.8) is 0 Å². The first-order valence-electron chi connectivity index (χ1n) is 11.0. The summed E-state index contributed by atoms with van der Waals surface area (Å²) in [5.41, 5.74) is 4.51. The fourth-order valence-electron chi connectivity index (χ4n) is 4.14. The number of rotatable bonds is 8. The molecule has 2 aromatic carbocycles. The summed E-state index contributed by atoms with van der Waals surface area (Å²) in [7, 11) is 5.72. The molecule has 0 saturated carbocycles. The lowest BCUT2D eigenvalue weighted by atomic mass is 10.0. The van der Waals surface area contributed by atoms with Crippen LogP contribution >= 0.6 is 0 Å². The molecule has 1 aromatic heterocycles. The molecule has 3 aromatic rings. The third-order valence-corrected chi connectivity index (χ3v) is 6.04. The van der Waals surface area contributed by atoms with Gasteiger partial charge in [-0.25, -0.2) is 0 Å². The Morgan fingerprint density at radius 1 is 1.12 bits per heavy atom. The number of amides is 1. The number of hydrogen-bond donors (Lipinski definition) is 2. The topological polar surface area (TPSA) is 73.5 Å². The molecule has 1 amide bonds. The van der Waals surface area contributed by atoms with Crippen LogP contribution in [0.25, 0.3) is 11.3 Å². The molecular weight excluding hydrogens is 402 g/mol. The second-order valence-electron chi connectivity index (χ2n) is 8.35. The summed E-state index contributed by atoms with van der Waals surface area (Å²) in [6, 6.07) is 18.2. The molecule has 7 heteroatoms. The van der Waals surface area contributed by atoms with Gasteiger partial charge in [-0.2, -0.15) is 5.10 Å². The minimum atomic E-state index is -0.147. The van der Waals surface area contributed by atoms with Crippen LogP contribution in [0.3, 0.4) is 0 Å². The van der Waals surface area contributed by atoms with Crippen LogP contribution in [0.1, 0.15) is 34.9 Å². The Morgan fingerprint density at radius 2 is 1.81 bits per heavy atom. The minimum absolute atomic E-state index is 0.147. The summed E-state index contributed by atoms with van der Waals surface area (Å²) >= 11 is 0. The molecule has 4 rings (SSSR count). The summed E-state index contributed by atoms with van der Waals surface area (Å²) in [5, 5.41) is 10.3. The minimum Gasteiger partial charge on any atom is -0.497 e. The number of ether oxygens (including phenoxy) is 1. The lowest BCUT2D eigenvalue weighted by Gasteiger charge is -2.28. The molecule has 32 heavy (non-hydrogen) atoms. The van der Waals surface area contributed by atoms with Crippen LogP contribution in [0.4, 0.5) is 5.69 Å². The van der Waals surface area contributed by atoms with E-state index in [-0.39, 0.29) is 11.9 Å². The van der Waals surface area contributed by atoms with Gasteiger partial charge in [0, 0.05) is 31.9 Å². The fraction of sp³-hybridized carbons (Fsp3) is 0.360. The van der Waals surface area contributed by atoms with E-state index in [2.05, 4.69) is 49.6 Å². The van der Waals surface area contributed by atoms with Crippen LogP contribution in [0.5, 0.6) is 5.75 Å². The van der Waals surface area contributed by atoms with Crippen molar-refractivity contribution in [2.24, 2.45) is 0 Å². The van der Waals surface area contributed by atoms with Gasteiger partial charge in [0.1, 0.15) is 11.4 Å². The summed E-state index contributed by atoms with van der Waals surface area (Å²) < 4.78 is 5.20. The lowest BCUT2D eigenvalue weighted by Crippen LogP contribution is -2.37.